The predicted octanol–water partition coefficient (Wildman–Crippen LogP) is 0.845. The van der Waals surface area contributed by atoms with Crippen LogP contribution >= 0.6 is 0 Å². The van der Waals surface area contributed by atoms with Crippen LogP contribution in [0, 0.1) is 0 Å². The first kappa shape index (κ1) is 16.4. The maximum absolute atomic E-state index is 12.4. The number of anilines is 2. The van der Waals surface area contributed by atoms with Crippen LogP contribution in [0.3, 0.4) is 0 Å². The van der Waals surface area contributed by atoms with Crippen LogP contribution in [-0.2, 0) is 4.79 Å². The Kier molecular flexibility index (Phi) is 4.73. The Hall–Kier alpha value is -2.51. The molecule has 0 bridgehead atoms. The quantitative estimate of drug-likeness (QED) is 0.831. The SMILES string of the molecule is Nc1cccnc1N1CCC(N2CCCN(C(=O)O)CC2=O)CC1. The molecule has 8 nitrogen and oxygen atoms in total. The van der Waals surface area contributed by atoms with Gasteiger partial charge in [0.15, 0.2) is 5.82 Å². The Morgan fingerprint density at radius 3 is 2.67 bits per heavy atom. The van der Waals surface area contributed by atoms with Crippen LogP contribution in [-0.4, -0.2) is 70.7 Å². The number of piperidine rings is 1. The molecule has 24 heavy (non-hydrogen) atoms. The van der Waals surface area contributed by atoms with Gasteiger partial charge in [0.2, 0.25) is 5.91 Å². The molecular weight excluding hydrogens is 310 g/mol. The highest BCUT2D eigenvalue weighted by Gasteiger charge is 2.32. The fourth-order valence-corrected chi connectivity index (χ4v) is 3.50. The van der Waals surface area contributed by atoms with Gasteiger partial charge in [-0.1, -0.05) is 0 Å². The number of hydrogen-bond acceptors (Lipinski definition) is 5. The topological polar surface area (TPSA) is 103 Å². The second kappa shape index (κ2) is 6.94. The molecule has 8 heteroatoms. The largest absolute Gasteiger partial charge is 0.465 e. The van der Waals surface area contributed by atoms with Crippen molar-refractivity contribution in [2.45, 2.75) is 25.3 Å². The molecule has 2 aliphatic heterocycles. The van der Waals surface area contributed by atoms with Gasteiger partial charge in [0.1, 0.15) is 6.54 Å². The number of aromatic nitrogens is 1. The molecule has 130 valence electrons. The summed E-state index contributed by atoms with van der Waals surface area (Å²) in [5, 5.41) is 9.09. The van der Waals surface area contributed by atoms with Gasteiger partial charge in [-0.25, -0.2) is 9.78 Å². The number of carboxylic acid groups (broad SMARTS) is 1. The smallest absolute Gasteiger partial charge is 0.407 e. The molecule has 0 spiro atoms. The first-order valence-electron chi connectivity index (χ1n) is 8.29. The Balaban J connectivity index is 1.61. The van der Waals surface area contributed by atoms with E-state index in [1.165, 1.54) is 4.90 Å². The Morgan fingerprint density at radius 2 is 2.00 bits per heavy atom. The van der Waals surface area contributed by atoms with Crippen molar-refractivity contribution in [3.05, 3.63) is 18.3 Å². The van der Waals surface area contributed by atoms with E-state index < -0.39 is 6.09 Å². The van der Waals surface area contributed by atoms with E-state index in [0.717, 1.165) is 31.7 Å². The monoisotopic (exact) mass is 333 g/mol. The summed E-state index contributed by atoms with van der Waals surface area (Å²) in [4.78, 5) is 33.1. The zero-order valence-electron chi connectivity index (χ0n) is 13.6. The van der Waals surface area contributed by atoms with Crippen LogP contribution in [0.25, 0.3) is 0 Å². The molecule has 3 rings (SSSR count). The molecule has 3 N–H and O–H groups in total. The van der Waals surface area contributed by atoms with Crippen molar-refractivity contribution >= 4 is 23.5 Å². The van der Waals surface area contributed by atoms with E-state index in [0.29, 0.717) is 25.2 Å². The molecule has 0 radical (unpaired) electrons. The van der Waals surface area contributed by atoms with Gasteiger partial charge in [-0.05, 0) is 31.4 Å². The number of pyridine rings is 1. The molecule has 2 amide bonds. The molecule has 2 saturated heterocycles. The summed E-state index contributed by atoms with van der Waals surface area (Å²) in [6, 6.07) is 3.82. The third-order valence-corrected chi connectivity index (χ3v) is 4.77. The van der Waals surface area contributed by atoms with E-state index in [2.05, 4.69) is 9.88 Å². The van der Waals surface area contributed by atoms with E-state index in [-0.39, 0.29) is 18.5 Å². The summed E-state index contributed by atoms with van der Waals surface area (Å²) in [5.74, 6) is 0.709. The third kappa shape index (κ3) is 3.37. The summed E-state index contributed by atoms with van der Waals surface area (Å²) >= 11 is 0. The fourth-order valence-electron chi connectivity index (χ4n) is 3.50. The van der Waals surface area contributed by atoms with Crippen molar-refractivity contribution in [3.63, 3.8) is 0 Å². The van der Waals surface area contributed by atoms with E-state index in [1.54, 1.807) is 6.20 Å². The van der Waals surface area contributed by atoms with Gasteiger partial charge in [0, 0.05) is 38.4 Å². The fraction of sp³-hybridized carbons (Fsp3) is 0.562. The average Bonchev–Trinajstić information content (AvgIpc) is 2.77. The number of carbonyl (C=O) groups excluding carboxylic acids is 1. The summed E-state index contributed by atoms with van der Waals surface area (Å²) in [7, 11) is 0. The molecule has 0 aromatic carbocycles. The second-order valence-electron chi connectivity index (χ2n) is 6.28. The van der Waals surface area contributed by atoms with E-state index in [4.69, 9.17) is 10.8 Å². The van der Waals surface area contributed by atoms with Crippen LogP contribution in [0.4, 0.5) is 16.3 Å². The van der Waals surface area contributed by atoms with Gasteiger partial charge in [-0.2, -0.15) is 0 Å². The molecule has 0 atom stereocenters. The zero-order valence-corrected chi connectivity index (χ0v) is 13.6. The number of rotatable bonds is 2. The van der Waals surface area contributed by atoms with E-state index in [9.17, 15) is 9.59 Å². The van der Waals surface area contributed by atoms with Crippen molar-refractivity contribution in [2.75, 3.05) is 43.4 Å². The van der Waals surface area contributed by atoms with Crippen molar-refractivity contribution in [3.8, 4) is 0 Å². The number of nitrogens with zero attached hydrogens (tertiary/aromatic N) is 4. The van der Waals surface area contributed by atoms with Crippen molar-refractivity contribution in [1.29, 1.82) is 0 Å². The minimum Gasteiger partial charge on any atom is -0.465 e. The van der Waals surface area contributed by atoms with E-state index in [1.807, 2.05) is 17.0 Å². The standard InChI is InChI=1S/C16H23N5O3/c17-13-3-1-6-18-15(13)19-9-4-12(5-10-19)21-8-2-7-20(16(23)24)11-14(21)22/h1,3,6,12H,2,4-5,7-11,17H2,(H,23,24). The number of carbonyl (C=O) groups is 2. The number of nitrogens with two attached hydrogens (primary N) is 1. The number of hydrogen-bond donors (Lipinski definition) is 2. The summed E-state index contributed by atoms with van der Waals surface area (Å²) in [6.45, 7) is 2.58. The van der Waals surface area contributed by atoms with Gasteiger partial charge in [-0.15, -0.1) is 0 Å². The lowest BCUT2D eigenvalue weighted by Gasteiger charge is -2.38. The zero-order chi connectivity index (χ0) is 17.1. The van der Waals surface area contributed by atoms with E-state index >= 15 is 0 Å². The van der Waals surface area contributed by atoms with Crippen LogP contribution in [0.1, 0.15) is 19.3 Å². The molecule has 1 aromatic heterocycles. The second-order valence-corrected chi connectivity index (χ2v) is 6.28. The van der Waals surface area contributed by atoms with Crippen LogP contribution in [0.2, 0.25) is 0 Å². The third-order valence-electron chi connectivity index (χ3n) is 4.77. The molecule has 0 saturated carbocycles. The highest BCUT2D eigenvalue weighted by atomic mass is 16.4. The lowest BCUT2D eigenvalue weighted by Crippen LogP contribution is -2.49. The first-order chi connectivity index (χ1) is 11.6. The van der Waals surface area contributed by atoms with Crippen molar-refractivity contribution in [1.82, 2.24) is 14.8 Å². The van der Waals surface area contributed by atoms with Gasteiger partial charge >= 0.3 is 6.09 Å². The molecule has 2 fully saturated rings. The Labute approximate surface area is 140 Å². The number of amides is 2. The normalized spacial score (nSPS) is 20.2. The summed E-state index contributed by atoms with van der Waals surface area (Å²) < 4.78 is 0. The molecule has 1 aromatic rings. The first-order valence-corrected chi connectivity index (χ1v) is 8.29. The molecule has 0 unspecified atom stereocenters. The lowest BCUT2D eigenvalue weighted by atomic mass is 10.0. The number of nitrogen functional groups attached to an aromatic ring is 1. The Bertz CT molecular complexity index is 615. The van der Waals surface area contributed by atoms with Crippen LogP contribution in [0.5, 0.6) is 0 Å². The highest BCUT2D eigenvalue weighted by Crippen LogP contribution is 2.25. The highest BCUT2D eigenvalue weighted by molar-refractivity contribution is 5.82. The summed E-state index contributed by atoms with van der Waals surface area (Å²) in [5.41, 5.74) is 6.65. The van der Waals surface area contributed by atoms with Crippen LogP contribution < -0.4 is 10.6 Å². The molecule has 3 heterocycles. The van der Waals surface area contributed by atoms with Gasteiger partial charge < -0.3 is 20.6 Å². The van der Waals surface area contributed by atoms with Crippen molar-refractivity contribution < 1.29 is 14.7 Å². The maximum atomic E-state index is 12.4. The summed E-state index contributed by atoms with van der Waals surface area (Å²) in [6.07, 6.45) is 3.08. The van der Waals surface area contributed by atoms with Crippen molar-refractivity contribution in [2.24, 2.45) is 0 Å². The molecular formula is C16H23N5O3. The van der Waals surface area contributed by atoms with Gasteiger partial charge in [0.25, 0.3) is 0 Å². The minimum atomic E-state index is -1.02. The van der Waals surface area contributed by atoms with Crippen LogP contribution in [0.15, 0.2) is 18.3 Å². The minimum absolute atomic E-state index is 0.0390. The molecule has 2 aliphatic rings. The maximum Gasteiger partial charge on any atom is 0.407 e. The molecule has 0 aliphatic carbocycles. The average molecular weight is 333 g/mol. The lowest BCUT2D eigenvalue weighted by molar-refractivity contribution is -0.133. The van der Waals surface area contributed by atoms with Gasteiger partial charge in [0.05, 0.1) is 5.69 Å². The Morgan fingerprint density at radius 1 is 1.25 bits per heavy atom. The predicted molar refractivity (Wildman–Crippen MR) is 89.8 cm³/mol. The van der Waals surface area contributed by atoms with Gasteiger partial charge in [-0.3, -0.25) is 9.69 Å².